The maximum absolute atomic E-state index is 10.5. The van der Waals surface area contributed by atoms with Gasteiger partial charge in [0, 0.05) is 13.3 Å². The number of ether oxygens (including phenoxy) is 1. The Balaban J connectivity index is 3.84. The van der Waals surface area contributed by atoms with Gasteiger partial charge in [-0.2, -0.15) is 0 Å². The number of hydrogen-bond acceptors (Lipinski definition) is 2. The van der Waals surface area contributed by atoms with Crippen molar-refractivity contribution in [2.45, 2.75) is 33.0 Å². The monoisotopic (exact) mass is 210 g/mol. The molecule has 0 aliphatic carbocycles. The molecular formula is C11H18O2Si. The van der Waals surface area contributed by atoms with E-state index in [-0.39, 0.29) is 12.6 Å². The molecule has 0 aliphatic heterocycles. The standard InChI is InChI=1S/C11H18O2Si/c1-10(9-13-11(2)12)7-6-8-14(3,4)5/h1,7,9H2,2-5H3. The van der Waals surface area contributed by atoms with Gasteiger partial charge in [-0.25, -0.2) is 0 Å². The van der Waals surface area contributed by atoms with Crippen LogP contribution < -0.4 is 0 Å². The maximum Gasteiger partial charge on any atom is 0.302 e. The number of rotatable bonds is 3. The first-order valence-electron chi connectivity index (χ1n) is 4.61. The molecule has 2 nitrogen and oxygen atoms in total. The van der Waals surface area contributed by atoms with Gasteiger partial charge < -0.3 is 4.74 Å². The van der Waals surface area contributed by atoms with Crippen LogP contribution in [0.4, 0.5) is 0 Å². The van der Waals surface area contributed by atoms with Crippen LogP contribution in [0.2, 0.25) is 19.6 Å². The Labute approximate surface area is 87.4 Å². The number of esters is 1. The molecule has 0 unspecified atom stereocenters. The molecule has 0 amide bonds. The first-order valence-corrected chi connectivity index (χ1v) is 8.11. The van der Waals surface area contributed by atoms with Crippen LogP contribution in [0.25, 0.3) is 0 Å². The highest BCUT2D eigenvalue weighted by Crippen LogP contribution is 2.00. The third kappa shape index (κ3) is 9.08. The summed E-state index contributed by atoms with van der Waals surface area (Å²) in [7, 11) is -1.28. The fraction of sp³-hybridized carbons (Fsp3) is 0.545. The Kier molecular flexibility index (Phi) is 5.25. The Morgan fingerprint density at radius 3 is 2.43 bits per heavy atom. The van der Waals surface area contributed by atoms with Crippen LogP contribution in [0.1, 0.15) is 13.3 Å². The van der Waals surface area contributed by atoms with Crippen molar-refractivity contribution in [1.82, 2.24) is 0 Å². The minimum Gasteiger partial charge on any atom is -0.461 e. The molecule has 0 N–H and O–H groups in total. The molecule has 0 aromatic carbocycles. The van der Waals surface area contributed by atoms with E-state index in [0.717, 1.165) is 5.57 Å². The molecule has 3 heteroatoms. The molecular weight excluding hydrogens is 192 g/mol. The molecule has 0 rings (SSSR count). The van der Waals surface area contributed by atoms with Crippen molar-refractivity contribution in [1.29, 1.82) is 0 Å². The second-order valence-corrected chi connectivity index (χ2v) is 9.01. The molecule has 0 saturated heterocycles. The van der Waals surface area contributed by atoms with Gasteiger partial charge >= 0.3 is 5.97 Å². The van der Waals surface area contributed by atoms with Crippen molar-refractivity contribution in [3.05, 3.63) is 12.2 Å². The second kappa shape index (κ2) is 5.66. The maximum atomic E-state index is 10.5. The van der Waals surface area contributed by atoms with Gasteiger partial charge in [0.05, 0.1) is 0 Å². The van der Waals surface area contributed by atoms with E-state index in [4.69, 9.17) is 4.74 Å². The van der Waals surface area contributed by atoms with E-state index in [1.807, 2.05) is 0 Å². The lowest BCUT2D eigenvalue weighted by Gasteiger charge is -2.04. The Morgan fingerprint density at radius 1 is 1.43 bits per heavy atom. The van der Waals surface area contributed by atoms with Crippen LogP contribution in [0, 0.1) is 11.5 Å². The summed E-state index contributed by atoms with van der Waals surface area (Å²) in [5.74, 6) is 2.80. The van der Waals surface area contributed by atoms with Crippen LogP contribution in [0.5, 0.6) is 0 Å². The Morgan fingerprint density at radius 2 is 2.00 bits per heavy atom. The largest absolute Gasteiger partial charge is 0.461 e. The van der Waals surface area contributed by atoms with E-state index in [1.54, 1.807) is 0 Å². The van der Waals surface area contributed by atoms with Crippen LogP contribution in [-0.4, -0.2) is 20.7 Å². The molecule has 0 spiro atoms. The summed E-state index contributed by atoms with van der Waals surface area (Å²) in [4.78, 5) is 10.5. The fourth-order valence-corrected chi connectivity index (χ4v) is 1.31. The SMILES string of the molecule is C=C(CC#C[Si](C)(C)C)COC(C)=O. The van der Waals surface area contributed by atoms with Gasteiger partial charge in [0.2, 0.25) is 0 Å². The summed E-state index contributed by atoms with van der Waals surface area (Å²) < 4.78 is 4.79. The van der Waals surface area contributed by atoms with E-state index in [2.05, 4.69) is 37.7 Å². The molecule has 0 aromatic rings. The van der Waals surface area contributed by atoms with Crippen molar-refractivity contribution in [3.8, 4) is 11.5 Å². The summed E-state index contributed by atoms with van der Waals surface area (Å²) in [5, 5.41) is 0. The van der Waals surface area contributed by atoms with Crippen molar-refractivity contribution in [2.24, 2.45) is 0 Å². The minimum absolute atomic E-state index is 0.274. The lowest BCUT2D eigenvalue weighted by Crippen LogP contribution is -2.16. The minimum atomic E-state index is -1.28. The fourth-order valence-electron chi connectivity index (χ4n) is 0.689. The molecule has 78 valence electrons. The first-order chi connectivity index (χ1) is 6.31. The van der Waals surface area contributed by atoms with E-state index >= 15 is 0 Å². The summed E-state index contributed by atoms with van der Waals surface area (Å²) in [6, 6.07) is 0. The van der Waals surface area contributed by atoms with Crippen molar-refractivity contribution in [3.63, 3.8) is 0 Å². The lowest BCUT2D eigenvalue weighted by molar-refractivity contribution is -0.139. The van der Waals surface area contributed by atoms with Crippen LogP contribution in [-0.2, 0) is 9.53 Å². The van der Waals surface area contributed by atoms with Gasteiger partial charge in [-0.3, -0.25) is 4.79 Å². The molecule has 0 aliphatic rings. The van der Waals surface area contributed by atoms with E-state index < -0.39 is 8.07 Å². The third-order valence-electron chi connectivity index (χ3n) is 1.28. The van der Waals surface area contributed by atoms with Gasteiger partial charge in [0.25, 0.3) is 0 Å². The van der Waals surface area contributed by atoms with E-state index in [1.165, 1.54) is 6.92 Å². The molecule has 0 bridgehead atoms. The zero-order chi connectivity index (χ0) is 11.2. The number of carbonyl (C=O) groups is 1. The smallest absolute Gasteiger partial charge is 0.302 e. The molecule has 14 heavy (non-hydrogen) atoms. The molecule has 0 fully saturated rings. The van der Waals surface area contributed by atoms with Gasteiger partial charge in [0.1, 0.15) is 14.7 Å². The van der Waals surface area contributed by atoms with Crippen molar-refractivity contribution >= 4 is 14.0 Å². The summed E-state index contributed by atoms with van der Waals surface area (Å²) in [6.45, 7) is 12.0. The predicted molar refractivity (Wildman–Crippen MR) is 61.5 cm³/mol. The molecule has 0 aromatic heterocycles. The molecule has 0 heterocycles. The zero-order valence-electron chi connectivity index (χ0n) is 9.44. The lowest BCUT2D eigenvalue weighted by atomic mass is 10.2. The highest BCUT2D eigenvalue weighted by atomic mass is 28.3. The summed E-state index contributed by atoms with van der Waals surface area (Å²) in [6.07, 6.45) is 0.623. The van der Waals surface area contributed by atoms with Crippen LogP contribution in [0.15, 0.2) is 12.2 Å². The normalized spacial score (nSPS) is 10.0. The quantitative estimate of drug-likeness (QED) is 0.309. The predicted octanol–water partition coefficient (Wildman–Crippen LogP) is 2.38. The molecule has 0 saturated carbocycles. The topological polar surface area (TPSA) is 26.3 Å². The zero-order valence-corrected chi connectivity index (χ0v) is 10.4. The van der Waals surface area contributed by atoms with Crippen LogP contribution >= 0.6 is 0 Å². The first kappa shape index (κ1) is 13.0. The average molecular weight is 210 g/mol. The van der Waals surface area contributed by atoms with Crippen LogP contribution in [0.3, 0.4) is 0 Å². The molecule has 0 atom stereocenters. The average Bonchev–Trinajstić information content (AvgIpc) is 1.98. The highest BCUT2D eigenvalue weighted by Gasteiger charge is 2.07. The Bertz CT molecular complexity index is 276. The highest BCUT2D eigenvalue weighted by molar-refractivity contribution is 6.83. The van der Waals surface area contributed by atoms with Crippen molar-refractivity contribution < 1.29 is 9.53 Å². The number of hydrogen-bond donors (Lipinski definition) is 0. The molecule has 0 radical (unpaired) electrons. The second-order valence-electron chi connectivity index (χ2n) is 4.26. The van der Waals surface area contributed by atoms with Crippen molar-refractivity contribution in [2.75, 3.05) is 6.61 Å². The summed E-state index contributed by atoms with van der Waals surface area (Å²) >= 11 is 0. The third-order valence-corrected chi connectivity index (χ3v) is 2.21. The van der Waals surface area contributed by atoms with Gasteiger partial charge in [-0.05, 0) is 5.57 Å². The van der Waals surface area contributed by atoms with E-state index in [9.17, 15) is 4.79 Å². The van der Waals surface area contributed by atoms with Gasteiger partial charge in [-0.15, -0.1) is 11.5 Å². The number of carbonyl (C=O) groups excluding carboxylic acids is 1. The Hall–Kier alpha value is -1.01. The van der Waals surface area contributed by atoms with E-state index in [0.29, 0.717) is 6.42 Å². The summed E-state index contributed by atoms with van der Waals surface area (Å²) in [5.41, 5.74) is 4.08. The van der Waals surface area contributed by atoms with Gasteiger partial charge in [0.15, 0.2) is 0 Å². The van der Waals surface area contributed by atoms with Gasteiger partial charge in [-0.1, -0.05) is 26.2 Å².